The van der Waals surface area contributed by atoms with Crippen molar-refractivity contribution in [3.63, 3.8) is 0 Å². The van der Waals surface area contributed by atoms with E-state index in [-0.39, 0.29) is 11.4 Å². The molecule has 0 spiro atoms. The number of thioether (sulfide) groups is 1. The lowest BCUT2D eigenvalue weighted by molar-refractivity contribution is -0.137. The average molecular weight is 487 g/mol. The Hall–Kier alpha value is -2.53. The van der Waals surface area contributed by atoms with Crippen LogP contribution in [0.1, 0.15) is 5.56 Å². The van der Waals surface area contributed by atoms with Crippen molar-refractivity contribution >= 4 is 39.3 Å². The molecule has 1 aromatic carbocycles. The van der Waals surface area contributed by atoms with Gasteiger partial charge in [-0.2, -0.15) is 13.2 Å². The number of carbonyl (C=O) groups excluding carboxylic acids is 1. The first-order chi connectivity index (χ1) is 13.8. The van der Waals surface area contributed by atoms with Crippen LogP contribution in [0.3, 0.4) is 0 Å². The summed E-state index contributed by atoms with van der Waals surface area (Å²) in [6.07, 6.45) is -2.93. The maximum absolute atomic E-state index is 13.1. The molecular weight excluding hydrogens is 473 g/mol. The molecule has 0 fully saturated rings. The maximum atomic E-state index is 13.1. The molecule has 2 heterocycles. The summed E-state index contributed by atoms with van der Waals surface area (Å²) in [4.78, 5) is 12.2. The number of anilines is 1. The van der Waals surface area contributed by atoms with Crippen molar-refractivity contribution in [1.29, 1.82) is 0 Å². The summed E-state index contributed by atoms with van der Waals surface area (Å²) in [5, 5.41) is 10.8. The lowest BCUT2D eigenvalue weighted by atomic mass is 10.1. The monoisotopic (exact) mass is 486 g/mol. The van der Waals surface area contributed by atoms with E-state index in [1.807, 2.05) is 0 Å². The van der Waals surface area contributed by atoms with E-state index in [2.05, 4.69) is 38.0 Å². The van der Waals surface area contributed by atoms with Gasteiger partial charge in [-0.25, -0.2) is 0 Å². The molecule has 2 aromatic heterocycles. The molecule has 1 amide bonds. The Kier molecular flexibility index (Phi) is 6.48. The van der Waals surface area contributed by atoms with Crippen LogP contribution in [0.25, 0.3) is 11.6 Å². The minimum absolute atomic E-state index is 0.149. The summed E-state index contributed by atoms with van der Waals surface area (Å²) >= 11 is 4.26. The summed E-state index contributed by atoms with van der Waals surface area (Å²) in [7, 11) is 0. The van der Waals surface area contributed by atoms with Gasteiger partial charge >= 0.3 is 6.18 Å². The van der Waals surface area contributed by atoms with E-state index < -0.39 is 17.6 Å². The van der Waals surface area contributed by atoms with E-state index in [1.54, 1.807) is 22.8 Å². The summed E-state index contributed by atoms with van der Waals surface area (Å²) in [6, 6.07) is 8.23. The van der Waals surface area contributed by atoms with Gasteiger partial charge in [-0.15, -0.1) is 16.8 Å². The summed E-state index contributed by atoms with van der Waals surface area (Å²) in [5.74, 6) is 0.174. The number of nitrogens with zero attached hydrogens (tertiary/aromatic N) is 3. The van der Waals surface area contributed by atoms with Gasteiger partial charge in [0.15, 0.2) is 15.6 Å². The van der Waals surface area contributed by atoms with Gasteiger partial charge in [0.05, 0.1) is 17.0 Å². The van der Waals surface area contributed by atoms with Crippen LogP contribution >= 0.6 is 27.7 Å². The SMILES string of the molecule is C=CCn1c(SCC(=O)Nc2ccccc2C(F)(F)F)nnc1-c1ccc(Br)o1. The fourth-order valence-corrected chi connectivity index (χ4v) is 3.52. The number of allylic oxidation sites excluding steroid dienone is 1. The maximum Gasteiger partial charge on any atom is 0.418 e. The van der Waals surface area contributed by atoms with Crippen LogP contribution in [0.15, 0.2) is 63.3 Å². The van der Waals surface area contributed by atoms with E-state index in [0.717, 1.165) is 17.8 Å². The first-order valence-electron chi connectivity index (χ1n) is 8.18. The molecule has 0 aliphatic carbocycles. The number of carbonyl (C=O) groups is 1. The van der Waals surface area contributed by atoms with E-state index >= 15 is 0 Å². The Bertz CT molecular complexity index is 1030. The van der Waals surface area contributed by atoms with Crippen molar-refractivity contribution in [3.05, 3.63) is 59.3 Å². The zero-order valence-corrected chi connectivity index (χ0v) is 17.1. The number of rotatable bonds is 7. The van der Waals surface area contributed by atoms with Crippen molar-refractivity contribution in [2.45, 2.75) is 17.9 Å². The number of nitrogens with one attached hydrogen (secondary N) is 1. The van der Waals surface area contributed by atoms with E-state index in [9.17, 15) is 18.0 Å². The Labute approximate surface area is 176 Å². The van der Waals surface area contributed by atoms with Crippen molar-refractivity contribution in [1.82, 2.24) is 14.8 Å². The first kappa shape index (κ1) is 21.2. The summed E-state index contributed by atoms with van der Waals surface area (Å²) in [5.41, 5.74) is -1.20. The minimum Gasteiger partial charge on any atom is -0.446 e. The van der Waals surface area contributed by atoms with Crippen molar-refractivity contribution in [3.8, 4) is 11.6 Å². The fraction of sp³-hybridized carbons (Fsp3) is 0.167. The lowest BCUT2D eigenvalue weighted by Crippen LogP contribution is -2.18. The van der Waals surface area contributed by atoms with Crippen molar-refractivity contribution < 1.29 is 22.4 Å². The van der Waals surface area contributed by atoms with Crippen molar-refractivity contribution in [2.75, 3.05) is 11.1 Å². The first-order valence-corrected chi connectivity index (χ1v) is 9.96. The van der Waals surface area contributed by atoms with E-state index in [4.69, 9.17) is 4.42 Å². The third-order valence-corrected chi connectivity index (χ3v) is 5.05. The van der Waals surface area contributed by atoms with Crippen molar-refractivity contribution in [2.24, 2.45) is 0 Å². The summed E-state index contributed by atoms with van der Waals surface area (Å²) < 4.78 is 46.9. The Balaban J connectivity index is 1.73. The molecule has 11 heteroatoms. The van der Waals surface area contributed by atoms with Crippen LogP contribution in [-0.2, 0) is 17.5 Å². The molecule has 0 aliphatic heterocycles. The Morgan fingerprint density at radius 1 is 1.28 bits per heavy atom. The highest BCUT2D eigenvalue weighted by Gasteiger charge is 2.33. The van der Waals surface area contributed by atoms with Gasteiger partial charge in [0, 0.05) is 6.54 Å². The molecule has 0 radical (unpaired) electrons. The predicted octanol–water partition coefficient (Wildman–Crippen LogP) is 5.24. The van der Waals surface area contributed by atoms with Crippen LogP contribution in [-0.4, -0.2) is 26.4 Å². The van der Waals surface area contributed by atoms with Crippen LogP contribution < -0.4 is 5.32 Å². The molecule has 0 unspecified atom stereocenters. The highest BCUT2D eigenvalue weighted by molar-refractivity contribution is 9.10. The normalized spacial score (nSPS) is 11.4. The Morgan fingerprint density at radius 2 is 2.03 bits per heavy atom. The standard InChI is InChI=1S/C18H14BrF3N4O2S/c1-2-9-26-16(13-7-8-14(19)28-13)24-25-17(26)29-10-15(27)23-12-6-4-3-5-11(12)18(20,21)22/h2-8H,1,9-10H2,(H,23,27). The molecule has 1 N–H and O–H groups in total. The molecule has 0 saturated heterocycles. The van der Waals surface area contributed by atoms with Gasteiger partial charge in [-0.05, 0) is 40.2 Å². The number of benzene rings is 1. The van der Waals surface area contributed by atoms with E-state index in [0.29, 0.717) is 28.0 Å². The quantitative estimate of drug-likeness (QED) is 0.365. The van der Waals surface area contributed by atoms with Gasteiger partial charge in [0.2, 0.25) is 11.7 Å². The fourth-order valence-electron chi connectivity index (χ4n) is 2.46. The largest absolute Gasteiger partial charge is 0.446 e. The number of hydrogen-bond donors (Lipinski definition) is 1. The smallest absolute Gasteiger partial charge is 0.418 e. The molecule has 29 heavy (non-hydrogen) atoms. The second-order valence-electron chi connectivity index (χ2n) is 5.69. The third-order valence-electron chi connectivity index (χ3n) is 3.66. The number of aromatic nitrogens is 3. The number of amides is 1. The number of alkyl halides is 3. The molecule has 0 saturated carbocycles. The van der Waals surface area contributed by atoms with Gasteiger partial charge in [-0.3, -0.25) is 9.36 Å². The number of halogens is 4. The van der Waals surface area contributed by atoms with Gasteiger partial charge in [0.25, 0.3) is 0 Å². The van der Waals surface area contributed by atoms with Gasteiger partial charge in [-0.1, -0.05) is 30.0 Å². The molecule has 6 nitrogen and oxygen atoms in total. The molecule has 0 atom stereocenters. The van der Waals surface area contributed by atoms with Crippen LogP contribution in [0.4, 0.5) is 18.9 Å². The van der Waals surface area contributed by atoms with Gasteiger partial charge < -0.3 is 9.73 Å². The van der Waals surface area contributed by atoms with E-state index in [1.165, 1.54) is 18.2 Å². The van der Waals surface area contributed by atoms with Crippen LogP contribution in [0, 0.1) is 0 Å². The second-order valence-corrected chi connectivity index (χ2v) is 7.41. The second kappa shape index (κ2) is 8.87. The zero-order chi connectivity index (χ0) is 21.0. The number of hydrogen-bond acceptors (Lipinski definition) is 5. The summed E-state index contributed by atoms with van der Waals surface area (Å²) in [6.45, 7) is 4.05. The molecule has 152 valence electrons. The number of furan rings is 1. The molecule has 0 aliphatic rings. The highest BCUT2D eigenvalue weighted by atomic mass is 79.9. The lowest BCUT2D eigenvalue weighted by Gasteiger charge is -2.13. The molecule has 3 aromatic rings. The minimum atomic E-state index is -4.56. The molecule has 3 rings (SSSR count). The Morgan fingerprint density at radius 3 is 2.69 bits per heavy atom. The third kappa shape index (κ3) is 5.10. The molecular formula is C18H14BrF3N4O2S. The molecule has 0 bridgehead atoms. The van der Waals surface area contributed by atoms with Gasteiger partial charge in [0.1, 0.15) is 0 Å². The van der Waals surface area contributed by atoms with Crippen LogP contribution in [0.5, 0.6) is 0 Å². The van der Waals surface area contributed by atoms with Crippen LogP contribution in [0.2, 0.25) is 0 Å². The average Bonchev–Trinajstić information content (AvgIpc) is 3.26. The number of para-hydroxylation sites is 1. The highest BCUT2D eigenvalue weighted by Crippen LogP contribution is 2.34. The topological polar surface area (TPSA) is 73.0 Å². The predicted molar refractivity (Wildman–Crippen MR) is 106 cm³/mol. The zero-order valence-electron chi connectivity index (χ0n) is 14.7.